The highest BCUT2D eigenvalue weighted by Gasteiger charge is 2.19. The molecule has 0 spiro atoms. The molecule has 0 aliphatic rings. The molecule has 0 amide bonds. The van der Waals surface area contributed by atoms with E-state index in [2.05, 4.69) is 8.37 Å². The minimum atomic E-state index is -4.59. The number of ether oxygens (including phenoxy) is 1. The molecular weight excluding hydrogens is 488 g/mol. The van der Waals surface area contributed by atoms with Crippen molar-refractivity contribution in [2.75, 3.05) is 7.11 Å². The Kier molecular flexibility index (Phi) is 10.3. The highest BCUT2D eigenvalue weighted by atomic mass is 32.3. The number of rotatable bonds is 14. The largest absolute Gasteiger partial charge is 0.469 e. The Morgan fingerprint density at radius 2 is 1.24 bits per heavy atom. The molecule has 1 unspecified atom stereocenters. The van der Waals surface area contributed by atoms with Gasteiger partial charge in [0.1, 0.15) is 11.5 Å². The van der Waals surface area contributed by atoms with Gasteiger partial charge in [-0.2, -0.15) is 16.8 Å². The van der Waals surface area contributed by atoms with Gasteiger partial charge < -0.3 is 13.1 Å². The van der Waals surface area contributed by atoms with E-state index in [0.717, 1.165) is 43.2 Å². The first-order valence-corrected chi connectivity index (χ1v) is 13.3. The molecule has 0 fully saturated rings. The van der Waals surface area contributed by atoms with Gasteiger partial charge in [0.05, 0.1) is 13.0 Å². The first kappa shape index (κ1) is 27.6. The summed E-state index contributed by atoms with van der Waals surface area (Å²) in [4.78, 5) is 12.2. The van der Waals surface area contributed by atoms with E-state index in [9.17, 15) is 21.6 Å². The highest BCUT2D eigenvalue weighted by Crippen LogP contribution is 2.21. The lowest BCUT2D eigenvalue weighted by Gasteiger charge is -2.15. The van der Waals surface area contributed by atoms with Crippen LogP contribution in [0.4, 0.5) is 0 Å². The van der Waals surface area contributed by atoms with Crippen LogP contribution in [0.3, 0.4) is 0 Å². The molecule has 0 bridgehead atoms. The Morgan fingerprint density at radius 3 is 1.71 bits per heavy atom. The fourth-order valence-corrected chi connectivity index (χ4v) is 4.17. The molecule has 34 heavy (non-hydrogen) atoms. The van der Waals surface area contributed by atoms with Gasteiger partial charge in [-0.1, -0.05) is 43.5 Å². The molecule has 0 heterocycles. The van der Waals surface area contributed by atoms with Crippen molar-refractivity contribution in [3.8, 4) is 11.5 Å². The van der Waals surface area contributed by atoms with Crippen molar-refractivity contribution < 1.29 is 43.8 Å². The summed E-state index contributed by atoms with van der Waals surface area (Å²) in [5.74, 6) is -0.638. The maximum absolute atomic E-state index is 12.2. The number of hydrogen-bond acceptors (Lipinski definition) is 8. The quantitative estimate of drug-likeness (QED) is 0.216. The summed E-state index contributed by atoms with van der Waals surface area (Å²) in [6.07, 6.45) is 5.46. The molecule has 0 aromatic heterocycles. The van der Waals surface area contributed by atoms with Gasteiger partial charge in [0.15, 0.2) is 0 Å². The van der Waals surface area contributed by atoms with Crippen molar-refractivity contribution in [1.82, 2.24) is 0 Å². The Hall–Kier alpha value is -2.67. The zero-order chi connectivity index (χ0) is 25.2. The van der Waals surface area contributed by atoms with Crippen LogP contribution in [0, 0.1) is 5.92 Å². The number of carbonyl (C=O) groups is 1. The van der Waals surface area contributed by atoms with Crippen LogP contribution >= 0.6 is 0 Å². The van der Waals surface area contributed by atoms with E-state index in [1.165, 1.54) is 31.4 Å². The SMILES string of the molecule is COC(=O)C(CCCCCCc1ccc(OS(=O)(=O)O)cc1)Cc1ccc(OS(=O)(=O)O)cc1. The fraction of sp³-hybridized carbons (Fsp3) is 0.409. The summed E-state index contributed by atoms with van der Waals surface area (Å²) in [5.41, 5.74) is 1.82. The molecule has 10 nitrogen and oxygen atoms in total. The summed E-state index contributed by atoms with van der Waals surface area (Å²) in [6.45, 7) is 0. The minimum absolute atomic E-state index is 0.0264. The normalized spacial score (nSPS) is 12.7. The van der Waals surface area contributed by atoms with Crippen LogP contribution in [0.1, 0.15) is 43.2 Å². The third-order valence-corrected chi connectivity index (χ3v) is 5.84. The van der Waals surface area contributed by atoms with Crippen LogP contribution in [0.25, 0.3) is 0 Å². The lowest BCUT2D eigenvalue weighted by atomic mass is 9.93. The molecule has 0 aliphatic carbocycles. The summed E-state index contributed by atoms with van der Waals surface area (Å²) in [5, 5.41) is 0. The molecule has 188 valence electrons. The second-order valence-corrected chi connectivity index (χ2v) is 9.73. The van der Waals surface area contributed by atoms with Crippen LogP contribution < -0.4 is 8.37 Å². The number of hydrogen-bond donors (Lipinski definition) is 2. The maximum Gasteiger partial charge on any atom is 0.446 e. The Morgan fingerprint density at radius 1 is 0.765 bits per heavy atom. The van der Waals surface area contributed by atoms with Gasteiger partial charge in [-0.05, 0) is 61.1 Å². The van der Waals surface area contributed by atoms with Crippen LogP contribution in [0.5, 0.6) is 11.5 Å². The van der Waals surface area contributed by atoms with Crippen LogP contribution in [-0.4, -0.2) is 39.0 Å². The third-order valence-electron chi connectivity index (χ3n) is 5.03. The summed E-state index contributed by atoms with van der Waals surface area (Å²) in [6, 6.07) is 12.5. The molecule has 2 N–H and O–H groups in total. The number of methoxy groups -OCH3 is 1. The van der Waals surface area contributed by atoms with E-state index in [4.69, 9.17) is 13.8 Å². The second-order valence-electron chi connectivity index (χ2n) is 7.69. The molecule has 1 atom stereocenters. The lowest BCUT2D eigenvalue weighted by molar-refractivity contribution is -0.145. The van der Waals surface area contributed by atoms with Gasteiger partial charge in [-0.25, -0.2) is 0 Å². The van der Waals surface area contributed by atoms with E-state index in [1.54, 1.807) is 24.3 Å². The van der Waals surface area contributed by atoms with Crippen molar-refractivity contribution in [3.63, 3.8) is 0 Å². The van der Waals surface area contributed by atoms with Crippen LogP contribution in [0.15, 0.2) is 48.5 Å². The zero-order valence-corrected chi connectivity index (χ0v) is 20.3. The first-order chi connectivity index (χ1) is 15.9. The lowest BCUT2D eigenvalue weighted by Crippen LogP contribution is -2.18. The van der Waals surface area contributed by atoms with Crippen molar-refractivity contribution >= 4 is 26.8 Å². The fourth-order valence-electron chi connectivity index (χ4n) is 3.46. The predicted molar refractivity (Wildman–Crippen MR) is 123 cm³/mol. The molecule has 12 heteroatoms. The molecule has 0 saturated carbocycles. The molecule has 0 radical (unpaired) electrons. The topological polar surface area (TPSA) is 154 Å². The van der Waals surface area contributed by atoms with E-state index in [1.807, 2.05) is 0 Å². The highest BCUT2D eigenvalue weighted by molar-refractivity contribution is 7.81. The summed E-state index contributed by atoms with van der Waals surface area (Å²) in [7, 11) is -7.78. The molecule has 0 saturated heterocycles. The molecule has 0 aliphatic heterocycles. The van der Waals surface area contributed by atoms with Crippen molar-refractivity contribution in [2.24, 2.45) is 5.92 Å². The average molecular weight is 517 g/mol. The van der Waals surface area contributed by atoms with Gasteiger partial charge in [-0.3, -0.25) is 13.9 Å². The van der Waals surface area contributed by atoms with E-state index >= 15 is 0 Å². The van der Waals surface area contributed by atoms with Crippen LogP contribution in [0.2, 0.25) is 0 Å². The van der Waals surface area contributed by atoms with Crippen molar-refractivity contribution in [3.05, 3.63) is 59.7 Å². The van der Waals surface area contributed by atoms with E-state index < -0.39 is 20.8 Å². The van der Waals surface area contributed by atoms with Crippen molar-refractivity contribution in [1.29, 1.82) is 0 Å². The monoisotopic (exact) mass is 516 g/mol. The Labute approximate surface area is 199 Å². The summed E-state index contributed by atoms with van der Waals surface area (Å²) >= 11 is 0. The van der Waals surface area contributed by atoms with Gasteiger partial charge in [0.2, 0.25) is 0 Å². The Balaban J connectivity index is 1.75. The molecule has 2 aromatic rings. The Bertz CT molecular complexity index is 1130. The summed E-state index contributed by atoms with van der Waals surface area (Å²) < 4.78 is 74.0. The molecular formula is C22H28O10S2. The van der Waals surface area contributed by atoms with E-state index in [0.29, 0.717) is 12.8 Å². The van der Waals surface area contributed by atoms with Crippen LogP contribution in [-0.2, 0) is 43.2 Å². The average Bonchev–Trinajstić information content (AvgIpc) is 2.75. The minimum Gasteiger partial charge on any atom is -0.469 e. The number of esters is 1. The number of benzene rings is 2. The number of carbonyl (C=O) groups excluding carboxylic acids is 1. The molecule has 2 aromatic carbocycles. The zero-order valence-electron chi connectivity index (χ0n) is 18.6. The van der Waals surface area contributed by atoms with E-state index in [-0.39, 0.29) is 23.4 Å². The van der Waals surface area contributed by atoms with Crippen molar-refractivity contribution in [2.45, 2.75) is 44.9 Å². The second kappa shape index (κ2) is 12.7. The predicted octanol–water partition coefficient (Wildman–Crippen LogP) is 3.57. The smallest absolute Gasteiger partial charge is 0.446 e. The molecule has 2 rings (SSSR count). The number of unbranched alkanes of at least 4 members (excludes halogenated alkanes) is 3. The van der Waals surface area contributed by atoms with Gasteiger partial charge in [0, 0.05) is 0 Å². The van der Waals surface area contributed by atoms with Gasteiger partial charge >= 0.3 is 26.8 Å². The number of aryl methyl sites for hydroxylation is 1. The standard InChI is InChI=1S/C22H28O10S2/c1-30-22(23)19(16-18-10-14-21(15-11-18)32-34(27,28)29)7-5-3-2-4-6-17-8-12-20(13-9-17)31-33(24,25)26/h8-15,19H,2-7,16H2,1H3,(H,24,25,26)(H,27,28,29). The third kappa shape index (κ3) is 11.0. The van der Waals surface area contributed by atoms with Gasteiger partial charge in [0.25, 0.3) is 0 Å². The maximum atomic E-state index is 12.2. The first-order valence-electron chi connectivity index (χ1n) is 10.5. The van der Waals surface area contributed by atoms with Gasteiger partial charge in [-0.15, -0.1) is 0 Å².